The third kappa shape index (κ3) is 3.76. The summed E-state index contributed by atoms with van der Waals surface area (Å²) in [6.07, 6.45) is -1.93. The summed E-state index contributed by atoms with van der Waals surface area (Å²) in [7, 11) is 0. The van der Waals surface area contributed by atoms with Crippen molar-refractivity contribution in [3.05, 3.63) is 42.0 Å². The number of ether oxygens (including phenoxy) is 1. The lowest BCUT2D eigenvalue weighted by molar-refractivity contribution is -0.233. The molecule has 1 saturated heterocycles. The lowest BCUT2D eigenvalue weighted by atomic mass is 10.1. The number of morpholine rings is 1. The van der Waals surface area contributed by atoms with E-state index in [2.05, 4.69) is 15.0 Å². The highest BCUT2D eigenvalue weighted by Crippen LogP contribution is 2.26. The van der Waals surface area contributed by atoms with Crippen LogP contribution in [-0.4, -0.2) is 57.7 Å². The zero-order chi connectivity index (χ0) is 18.0. The molecule has 0 aromatic carbocycles. The molecular formula is C16H15F3N4O2. The fraction of sp³-hybridized carbons (Fsp3) is 0.375. The average molecular weight is 352 g/mol. The quantitative estimate of drug-likeness (QED) is 0.829. The molecular weight excluding hydrogens is 337 g/mol. The van der Waals surface area contributed by atoms with Gasteiger partial charge in [-0.2, -0.15) is 13.2 Å². The van der Waals surface area contributed by atoms with Crippen molar-refractivity contribution in [1.82, 2.24) is 19.9 Å². The third-order valence-corrected chi connectivity index (χ3v) is 3.85. The van der Waals surface area contributed by atoms with Gasteiger partial charge in [0, 0.05) is 30.7 Å². The van der Waals surface area contributed by atoms with Crippen molar-refractivity contribution >= 4 is 5.91 Å². The predicted octanol–water partition coefficient (Wildman–Crippen LogP) is 2.25. The van der Waals surface area contributed by atoms with Crippen molar-refractivity contribution in [3.63, 3.8) is 0 Å². The molecule has 1 fully saturated rings. The Morgan fingerprint density at radius 2 is 2.16 bits per heavy atom. The number of hydrogen-bond donors (Lipinski definition) is 0. The highest BCUT2D eigenvalue weighted by molar-refractivity contribution is 5.95. The molecule has 1 aliphatic rings. The van der Waals surface area contributed by atoms with Gasteiger partial charge >= 0.3 is 6.18 Å². The minimum absolute atomic E-state index is 0.0925. The monoisotopic (exact) mass is 352 g/mol. The van der Waals surface area contributed by atoms with Crippen LogP contribution < -0.4 is 0 Å². The van der Waals surface area contributed by atoms with Gasteiger partial charge in [0.25, 0.3) is 5.91 Å². The van der Waals surface area contributed by atoms with Crippen LogP contribution in [0.2, 0.25) is 0 Å². The Kier molecular flexibility index (Phi) is 4.67. The summed E-state index contributed by atoms with van der Waals surface area (Å²) in [5.74, 6) is -0.134. The molecule has 1 atom stereocenters. The van der Waals surface area contributed by atoms with Crippen LogP contribution in [0, 0.1) is 6.92 Å². The van der Waals surface area contributed by atoms with Crippen LogP contribution in [0.5, 0.6) is 0 Å². The third-order valence-electron chi connectivity index (χ3n) is 3.85. The van der Waals surface area contributed by atoms with E-state index in [1.165, 1.54) is 6.20 Å². The van der Waals surface area contributed by atoms with Gasteiger partial charge in [0.05, 0.1) is 24.4 Å². The van der Waals surface area contributed by atoms with Gasteiger partial charge < -0.3 is 9.64 Å². The number of rotatable bonds is 2. The van der Waals surface area contributed by atoms with Gasteiger partial charge in [-0.25, -0.2) is 9.97 Å². The molecule has 2 aromatic rings. The largest absolute Gasteiger partial charge is 0.416 e. The van der Waals surface area contributed by atoms with Gasteiger partial charge in [-0.3, -0.25) is 9.78 Å². The fourth-order valence-electron chi connectivity index (χ4n) is 2.51. The second kappa shape index (κ2) is 6.75. The van der Waals surface area contributed by atoms with E-state index in [0.717, 1.165) is 4.90 Å². The molecule has 1 amide bonds. The molecule has 6 nitrogen and oxygen atoms in total. The van der Waals surface area contributed by atoms with E-state index in [0.29, 0.717) is 17.1 Å². The number of hydrogen-bond acceptors (Lipinski definition) is 5. The first kappa shape index (κ1) is 17.3. The summed E-state index contributed by atoms with van der Waals surface area (Å²) in [6.45, 7) is 1.02. The van der Waals surface area contributed by atoms with Crippen molar-refractivity contribution in [2.45, 2.75) is 19.2 Å². The zero-order valence-corrected chi connectivity index (χ0v) is 13.3. The Labute approximate surface area is 141 Å². The molecule has 0 radical (unpaired) electrons. The Hall–Kier alpha value is -2.55. The Morgan fingerprint density at radius 1 is 1.36 bits per heavy atom. The molecule has 1 unspecified atom stereocenters. The van der Waals surface area contributed by atoms with Gasteiger partial charge in [0.2, 0.25) is 0 Å². The van der Waals surface area contributed by atoms with E-state index in [1.54, 1.807) is 31.5 Å². The van der Waals surface area contributed by atoms with Gasteiger partial charge in [0.15, 0.2) is 11.9 Å². The number of carbonyl (C=O) groups excluding carboxylic acids is 1. The first-order chi connectivity index (χ1) is 11.9. The van der Waals surface area contributed by atoms with E-state index in [9.17, 15) is 18.0 Å². The van der Waals surface area contributed by atoms with Crippen LogP contribution in [-0.2, 0) is 4.74 Å². The van der Waals surface area contributed by atoms with E-state index in [1.807, 2.05) is 0 Å². The first-order valence-electron chi connectivity index (χ1n) is 7.58. The maximum atomic E-state index is 12.8. The van der Waals surface area contributed by atoms with Crippen LogP contribution in [0.1, 0.15) is 16.1 Å². The number of nitrogens with zero attached hydrogens (tertiary/aromatic N) is 4. The van der Waals surface area contributed by atoms with Crippen LogP contribution in [0.4, 0.5) is 13.2 Å². The molecule has 3 rings (SSSR count). The Morgan fingerprint density at radius 3 is 2.80 bits per heavy atom. The summed E-state index contributed by atoms with van der Waals surface area (Å²) < 4.78 is 43.1. The van der Waals surface area contributed by atoms with E-state index in [-0.39, 0.29) is 18.7 Å². The molecule has 0 N–H and O–H groups in total. The van der Waals surface area contributed by atoms with Crippen LogP contribution >= 0.6 is 0 Å². The van der Waals surface area contributed by atoms with Crippen molar-refractivity contribution in [1.29, 1.82) is 0 Å². The number of amides is 1. The molecule has 9 heteroatoms. The lowest BCUT2D eigenvalue weighted by Crippen LogP contribution is -2.51. The van der Waals surface area contributed by atoms with Crippen molar-refractivity contribution in [3.8, 4) is 11.4 Å². The summed E-state index contributed by atoms with van der Waals surface area (Å²) in [6, 6.07) is 3.51. The summed E-state index contributed by atoms with van der Waals surface area (Å²) in [4.78, 5) is 26.1. The zero-order valence-electron chi connectivity index (χ0n) is 13.3. The van der Waals surface area contributed by atoms with Crippen LogP contribution in [0.15, 0.2) is 30.7 Å². The molecule has 2 aromatic heterocycles. The van der Waals surface area contributed by atoms with Crippen LogP contribution in [0.25, 0.3) is 11.4 Å². The second-order valence-electron chi connectivity index (χ2n) is 5.59. The number of aromatic nitrogens is 3. The molecule has 3 heterocycles. The fourth-order valence-corrected chi connectivity index (χ4v) is 2.51. The van der Waals surface area contributed by atoms with E-state index < -0.39 is 24.7 Å². The summed E-state index contributed by atoms with van der Waals surface area (Å²) in [5.41, 5.74) is 1.26. The van der Waals surface area contributed by atoms with Crippen molar-refractivity contribution in [2.24, 2.45) is 0 Å². The van der Waals surface area contributed by atoms with E-state index >= 15 is 0 Å². The molecule has 25 heavy (non-hydrogen) atoms. The van der Waals surface area contributed by atoms with Crippen molar-refractivity contribution in [2.75, 3.05) is 19.7 Å². The Balaban J connectivity index is 1.81. The minimum Gasteiger partial charge on any atom is -0.365 e. The smallest absolute Gasteiger partial charge is 0.365 e. The number of pyridine rings is 1. The van der Waals surface area contributed by atoms with Gasteiger partial charge in [0.1, 0.15) is 0 Å². The first-order valence-corrected chi connectivity index (χ1v) is 7.58. The number of alkyl halides is 3. The highest BCUT2D eigenvalue weighted by Gasteiger charge is 2.44. The topological polar surface area (TPSA) is 68.2 Å². The standard InChI is InChI=1S/C16H15F3N4O2/c1-10-12(8-21-14(22-10)11-3-2-4-20-7-11)15(24)23-5-6-25-13(9-23)16(17,18)19/h2-4,7-8,13H,5-6,9H2,1H3. The van der Waals surface area contributed by atoms with Gasteiger partial charge in [-0.1, -0.05) is 0 Å². The Bertz CT molecular complexity index is 768. The van der Waals surface area contributed by atoms with Gasteiger partial charge in [-0.15, -0.1) is 0 Å². The maximum Gasteiger partial charge on any atom is 0.416 e. The average Bonchev–Trinajstić information content (AvgIpc) is 2.61. The molecule has 0 saturated carbocycles. The van der Waals surface area contributed by atoms with Crippen LogP contribution in [0.3, 0.4) is 0 Å². The second-order valence-corrected chi connectivity index (χ2v) is 5.59. The molecule has 1 aliphatic heterocycles. The molecule has 0 aliphatic carbocycles. The maximum absolute atomic E-state index is 12.8. The van der Waals surface area contributed by atoms with Gasteiger partial charge in [-0.05, 0) is 19.1 Å². The number of halogens is 3. The number of carbonyl (C=O) groups is 1. The highest BCUT2D eigenvalue weighted by atomic mass is 19.4. The van der Waals surface area contributed by atoms with Crippen molar-refractivity contribution < 1.29 is 22.7 Å². The molecule has 0 bridgehead atoms. The lowest BCUT2D eigenvalue weighted by Gasteiger charge is -2.33. The normalized spacial score (nSPS) is 18.2. The number of aryl methyl sites for hydroxylation is 1. The predicted molar refractivity (Wildman–Crippen MR) is 81.7 cm³/mol. The summed E-state index contributed by atoms with van der Waals surface area (Å²) >= 11 is 0. The minimum atomic E-state index is -4.51. The van der Waals surface area contributed by atoms with E-state index in [4.69, 9.17) is 4.74 Å². The molecule has 132 valence electrons. The summed E-state index contributed by atoms with van der Waals surface area (Å²) in [5, 5.41) is 0. The SMILES string of the molecule is Cc1nc(-c2cccnc2)ncc1C(=O)N1CCOC(C(F)(F)F)C1. The molecule has 0 spiro atoms.